The van der Waals surface area contributed by atoms with Gasteiger partial charge in [-0.25, -0.2) is 0 Å². The van der Waals surface area contributed by atoms with Crippen LogP contribution in [0.5, 0.6) is 0 Å². The molecule has 0 fully saturated rings. The van der Waals surface area contributed by atoms with Gasteiger partial charge in [-0.05, 0) is 60.1 Å². The molecule has 0 aliphatic rings. The lowest BCUT2D eigenvalue weighted by molar-refractivity contribution is 0.432. The van der Waals surface area contributed by atoms with Crippen molar-refractivity contribution < 1.29 is 0 Å². The first-order chi connectivity index (χ1) is 7.17. The minimum Gasteiger partial charge on any atom is -0.307 e. The van der Waals surface area contributed by atoms with E-state index in [4.69, 9.17) is 0 Å². The van der Waals surface area contributed by atoms with Crippen LogP contribution >= 0.6 is 22.6 Å². The van der Waals surface area contributed by atoms with E-state index in [2.05, 4.69) is 72.9 Å². The molecule has 1 aromatic carbocycles. The maximum absolute atomic E-state index is 3.65. The van der Waals surface area contributed by atoms with E-state index in [0.29, 0.717) is 12.1 Å². The SMILES string of the molecule is CCC(CC)NC(C)c1ccc(I)cc1. The Morgan fingerprint density at radius 3 is 2.13 bits per heavy atom. The molecule has 15 heavy (non-hydrogen) atoms. The van der Waals surface area contributed by atoms with Gasteiger partial charge < -0.3 is 5.32 Å². The molecule has 1 atom stereocenters. The Morgan fingerprint density at radius 2 is 1.67 bits per heavy atom. The number of hydrogen-bond donors (Lipinski definition) is 1. The lowest BCUT2D eigenvalue weighted by Crippen LogP contribution is -2.30. The highest BCUT2D eigenvalue weighted by molar-refractivity contribution is 14.1. The van der Waals surface area contributed by atoms with Crippen molar-refractivity contribution in [2.75, 3.05) is 0 Å². The average molecular weight is 317 g/mol. The van der Waals surface area contributed by atoms with Crippen molar-refractivity contribution >= 4 is 22.6 Å². The zero-order chi connectivity index (χ0) is 11.3. The Bertz CT molecular complexity index is 277. The molecule has 0 radical (unpaired) electrons. The summed E-state index contributed by atoms with van der Waals surface area (Å²) in [5.41, 5.74) is 1.38. The van der Waals surface area contributed by atoms with Crippen LogP contribution in [0.4, 0.5) is 0 Å². The van der Waals surface area contributed by atoms with Crippen molar-refractivity contribution in [3.63, 3.8) is 0 Å². The third-order valence-electron chi connectivity index (χ3n) is 2.84. The highest BCUT2D eigenvalue weighted by Crippen LogP contribution is 2.16. The van der Waals surface area contributed by atoms with Gasteiger partial charge in [0, 0.05) is 15.7 Å². The van der Waals surface area contributed by atoms with E-state index in [0.717, 1.165) is 0 Å². The maximum atomic E-state index is 3.65. The van der Waals surface area contributed by atoms with E-state index in [-0.39, 0.29) is 0 Å². The summed E-state index contributed by atoms with van der Waals surface area (Å²) < 4.78 is 1.30. The zero-order valence-electron chi connectivity index (χ0n) is 9.76. The van der Waals surface area contributed by atoms with Gasteiger partial charge in [-0.2, -0.15) is 0 Å². The van der Waals surface area contributed by atoms with Crippen LogP contribution in [0, 0.1) is 3.57 Å². The lowest BCUT2D eigenvalue weighted by atomic mass is 10.1. The smallest absolute Gasteiger partial charge is 0.0294 e. The van der Waals surface area contributed by atoms with E-state index in [1.807, 2.05) is 0 Å². The highest BCUT2D eigenvalue weighted by Gasteiger charge is 2.09. The van der Waals surface area contributed by atoms with Gasteiger partial charge in [0.05, 0.1) is 0 Å². The quantitative estimate of drug-likeness (QED) is 0.805. The summed E-state index contributed by atoms with van der Waals surface area (Å²) in [5, 5.41) is 3.65. The number of nitrogens with one attached hydrogen (secondary N) is 1. The molecule has 1 rings (SSSR count). The van der Waals surface area contributed by atoms with Crippen LogP contribution in [0.2, 0.25) is 0 Å². The minimum atomic E-state index is 0.451. The molecule has 2 heteroatoms. The van der Waals surface area contributed by atoms with Gasteiger partial charge in [0.25, 0.3) is 0 Å². The Hall–Kier alpha value is -0.0900. The maximum Gasteiger partial charge on any atom is 0.0294 e. The monoisotopic (exact) mass is 317 g/mol. The van der Waals surface area contributed by atoms with Crippen molar-refractivity contribution in [3.8, 4) is 0 Å². The third-order valence-corrected chi connectivity index (χ3v) is 3.56. The van der Waals surface area contributed by atoms with Crippen molar-refractivity contribution in [2.45, 2.75) is 45.7 Å². The highest BCUT2D eigenvalue weighted by atomic mass is 127. The molecule has 0 saturated carbocycles. The van der Waals surface area contributed by atoms with Crippen LogP contribution in [-0.4, -0.2) is 6.04 Å². The van der Waals surface area contributed by atoms with E-state index < -0.39 is 0 Å². The molecule has 0 spiro atoms. The van der Waals surface area contributed by atoms with Gasteiger partial charge in [-0.3, -0.25) is 0 Å². The Morgan fingerprint density at radius 1 is 1.13 bits per heavy atom. The van der Waals surface area contributed by atoms with Crippen molar-refractivity contribution in [3.05, 3.63) is 33.4 Å². The largest absolute Gasteiger partial charge is 0.307 e. The predicted molar refractivity (Wildman–Crippen MR) is 75.1 cm³/mol. The van der Waals surface area contributed by atoms with E-state index >= 15 is 0 Å². The molecule has 1 unspecified atom stereocenters. The Labute approximate surface area is 107 Å². The molecule has 1 aromatic rings. The van der Waals surface area contributed by atoms with Crippen molar-refractivity contribution in [2.24, 2.45) is 0 Å². The Kier molecular flexibility index (Phi) is 5.61. The summed E-state index contributed by atoms with van der Waals surface area (Å²) >= 11 is 2.34. The molecule has 0 aromatic heterocycles. The third kappa shape index (κ3) is 4.11. The fraction of sp³-hybridized carbons (Fsp3) is 0.538. The van der Waals surface area contributed by atoms with Gasteiger partial charge in [-0.15, -0.1) is 0 Å². The van der Waals surface area contributed by atoms with Gasteiger partial charge in [0.2, 0.25) is 0 Å². The predicted octanol–water partition coefficient (Wildman–Crippen LogP) is 4.13. The van der Waals surface area contributed by atoms with Crippen LogP contribution in [0.15, 0.2) is 24.3 Å². The van der Waals surface area contributed by atoms with Crippen LogP contribution in [0.3, 0.4) is 0 Å². The molecule has 0 bridgehead atoms. The molecule has 1 nitrogen and oxygen atoms in total. The van der Waals surface area contributed by atoms with E-state index in [1.165, 1.54) is 22.0 Å². The first-order valence-electron chi connectivity index (χ1n) is 5.68. The molecule has 0 saturated heterocycles. The standard InChI is InChI=1S/C13H20IN/c1-4-13(5-2)15-10(3)11-6-8-12(14)9-7-11/h6-10,13,15H,4-5H2,1-3H3. The number of benzene rings is 1. The molecular formula is C13H20IN. The molecule has 0 aliphatic heterocycles. The number of rotatable bonds is 5. The molecule has 0 amide bonds. The molecule has 84 valence electrons. The molecule has 0 heterocycles. The van der Waals surface area contributed by atoms with Gasteiger partial charge in [0.1, 0.15) is 0 Å². The number of hydrogen-bond acceptors (Lipinski definition) is 1. The Balaban J connectivity index is 2.60. The summed E-state index contributed by atoms with van der Waals surface area (Å²) in [4.78, 5) is 0. The zero-order valence-corrected chi connectivity index (χ0v) is 11.9. The van der Waals surface area contributed by atoms with Crippen LogP contribution in [0.25, 0.3) is 0 Å². The van der Waals surface area contributed by atoms with E-state index in [1.54, 1.807) is 0 Å². The topological polar surface area (TPSA) is 12.0 Å². The van der Waals surface area contributed by atoms with Gasteiger partial charge in [0.15, 0.2) is 0 Å². The van der Waals surface area contributed by atoms with Crippen molar-refractivity contribution in [1.29, 1.82) is 0 Å². The molecule has 1 N–H and O–H groups in total. The average Bonchev–Trinajstić information content (AvgIpc) is 2.26. The van der Waals surface area contributed by atoms with Crippen molar-refractivity contribution in [1.82, 2.24) is 5.32 Å². The summed E-state index contributed by atoms with van der Waals surface area (Å²) in [6, 6.07) is 9.84. The van der Waals surface area contributed by atoms with Crippen LogP contribution in [-0.2, 0) is 0 Å². The van der Waals surface area contributed by atoms with Gasteiger partial charge in [-0.1, -0.05) is 26.0 Å². The first kappa shape index (κ1) is 13.0. The molecular weight excluding hydrogens is 297 g/mol. The normalized spacial score (nSPS) is 13.1. The molecule has 0 aliphatic carbocycles. The summed E-state index contributed by atoms with van der Waals surface area (Å²) in [7, 11) is 0. The fourth-order valence-electron chi connectivity index (χ4n) is 1.73. The second-order valence-corrected chi connectivity index (χ2v) is 5.20. The minimum absolute atomic E-state index is 0.451. The number of halogens is 1. The first-order valence-corrected chi connectivity index (χ1v) is 6.76. The summed E-state index contributed by atoms with van der Waals surface area (Å²) in [6.45, 7) is 6.71. The second-order valence-electron chi connectivity index (χ2n) is 3.95. The fourth-order valence-corrected chi connectivity index (χ4v) is 2.09. The van der Waals surface area contributed by atoms with E-state index in [9.17, 15) is 0 Å². The summed E-state index contributed by atoms with van der Waals surface area (Å²) in [6.07, 6.45) is 2.40. The van der Waals surface area contributed by atoms with Crippen LogP contribution in [0.1, 0.15) is 45.2 Å². The van der Waals surface area contributed by atoms with Gasteiger partial charge >= 0.3 is 0 Å². The summed E-state index contributed by atoms with van der Waals surface area (Å²) in [5.74, 6) is 0. The van der Waals surface area contributed by atoms with Crippen LogP contribution < -0.4 is 5.32 Å². The second kappa shape index (κ2) is 6.48. The lowest BCUT2D eigenvalue weighted by Gasteiger charge is -2.21.